The summed E-state index contributed by atoms with van der Waals surface area (Å²) in [6, 6.07) is 12.1. The molecular weight excluding hydrogens is 366 g/mol. The Morgan fingerprint density at radius 3 is 2.79 bits per heavy atom. The monoisotopic (exact) mass is 397 g/mol. The van der Waals surface area contributed by atoms with Crippen molar-refractivity contribution in [2.24, 2.45) is 0 Å². The van der Waals surface area contributed by atoms with Crippen LogP contribution in [0.25, 0.3) is 0 Å². The van der Waals surface area contributed by atoms with Gasteiger partial charge in [0, 0.05) is 37.4 Å². The lowest BCUT2D eigenvalue weighted by molar-refractivity contribution is 0.0378. The van der Waals surface area contributed by atoms with E-state index in [1.807, 2.05) is 32.0 Å². The van der Waals surface area contributed by atoms with Crippen molar-refractivity contribution < 1.29 is 14.3 Å². The van der Waals surface area contributed by atoms with E-state index in [-0.39, 0.29) is 12.1 Å². The number of likely N-dealkylation sites (N-methyl/N-ethyl adjacent to an activating group) is 1. The zero-order valence-corrected chi connectivity index (χ0v) is 17.8. The molecule has 1 aliphatic heterocycles. The average molecular weight is 398 g/mol. The van der Waals surface area contributed by atoms with Crippen LogP contribution in [0.15, 0.2) is 42.6 Å². The summed E-state index contributed by atoms with van der Waals surface area (Å²) in [5, 5.41) is 0. The molecule has 0 radical (unpaired) electrons. The van der Waals surface area contributed by atoms with Gasteiger partial charge in [0.1, 0.15) is 17.1 Å². The van der Waals surface area contributed by atoms with Gasteiger partial charge in [-0.05, 0) is 45.0 Å². The molecule has 1 saturated heterocycles. The second kappa shape index (κ2) is 9.74. The van der Waals surface area contributed by atoms with Gasteiger partial charge in [0.15, 0.2) is 0 Å². The highest BCUT2D eigenvalue weighted by Crippen LogP contribution is 2.27. The predicted octanol–water partition coefficient (Wildman–Crippen LogP) is 3.76. The van der Waals surface area contributed by atoms with Crippen LogP contribution in [-0.4, -0.2) is 54.7 Å². The normalized spacial score (nSPS) is 16.5. The Morgan fingerprint density at radius 2 is 2.07 bits per heavy atom. The number of aromatic nitrogens is 1. The van der Waals surface area contributed by atoms with E-state index in [4.69, 9.17) is 9.47 Å². The minimum atomic E-state index is -0.312. The first kappa shape index (κ1) is 21.1. The number of nitrogens with zero attached hydrogens (tertiary/aromatic N) is 3. The number of anilines is 1. The zero-order chi connectivity index (χ0) is 20.8. The van der Waals surface area contributed by atoms with Crippen LogP contribution in [-0.2, 0) is 11.3 Å². The Labute approximate surface area is 173 Å². The number of esters is 1. The number of methoxy groups -OCH3 is 1. The second-order valence-electron chi connectivity index (χ2n) is 7.59. The van der Waals surface area contributed by atoms with E-state index in [0.29, 0.717) is 17.4 Å². The Bertz CT molecular complexity index is 825. The molecule has 6 heteroatoms. The summed E-state index contributed by atoms with van der Waals surface area (Å²) in [7, 11) is 1.71. The number of pyridine rings is 1. The van der Waals surface area contributed by atoms with Gasteiger partial charge in [-0.3, -0.25) is 4.90 Å². The molecule has 0 saturated carbocycles. The van der Waals surface area contributed by atoms with E-state index < -0.39 is 0 Å². The topological polar surface area (TPSA) is 54.9 Å². The van der Waals surface area contributed by atoms with Crippen molar-refractivity contribution in [3.63, 3.8) is 0 Å². The molecule has 1 aliphatic rings. The van der Waals surface area contributed by atoms with Gasteiger partial charge < -0.3 is 14.4 Å². The Hall–Kier alpha value is -2.60. The van der Waals surface area contributed by atoms with Crippen LogP contribution >= 0.6 is 0 Å². The van der Waals surface area contributed by atoms with Crippen LogP contribution in [0.1, 0.15) is 43.1 Å². The number of hydrogen-bond acceptors (Lipinski definition) is 6. The van der Waals surface area contributed by atoms with Crippen LogP contribution in [0, 0.1) is 0 Å². The molecule has 1 aromatic heterocycles. The molecule has 0 bridgehead atoms. The van der Waals surface area contributed by atoms with Crippen molar-refractivity contribution in [3.8, 4) is 5.75 Å². The fourth-order valence-corrected chi connectivity index (χ4v) is 3.87. The maximum absolute atomic E-state index is 12.5. The minimum absolute atomic E-state index is 0.154. The van der Waals surface area contributed by atoms with E-state index >= 15 is 0 Å². The third kappa shape index (κ3) is 5.07. The van der Waals surface area contributed by atoms with Crippen molar-refractivity contribution in [2.45, 2.75) is 45.9 Å². The number of benzene rings is 1. The Morgan fingerprint density at radius 1 is 1.28 bits per heavy atom. The first-order valence-corrected chi connectivity index (χ1v) is 10.3. The molecule has 1 unspecified atom stereocenters. The number of carbonyl (C=O) groups is 1. The van der Waals surface area contributed by atoms with Crippen LogP contribution in [0.4, 0.5) is 5.82 Å². The fourth-order valence-electron chi connectivity index (χ4n) is 3.87. The van der Waals surface area contributed by atoms with E-state index in [1.54, 1.807) is 25.4 Å². The van der Waals surface area contributed by atoms with Gasteiger partial charge in [-0.1, -0.05) is 25.1 Å². The fraction of sp³-hybridized carbons (Fsp3) is 0.478. The number of carbonyl (C=O) groups excluding carboxylic acids is 1. The molecule has 1 atom stereocenters. The van der Waals surface area contributed by atoms with Gasteiger partial charge in [-0.15, -0.1) is 0 Å². The van der Waals surface area contributed by atoms with Gasteiger partial charge in [-0.25, -0.2) is 9.78 Å². The number of rotatable bonds is 8. The molecule has 156 valence electrons. The number of ether oxygens (including phenoxy) is 2. The minimum Gasteiger partial charge on any atom is -0.496 e. The van der Waals surface area contributed by atoms with Crippen molar-refractivity contribution in [2.75, 3.05) is 31.6 Å². The molecule has 0 N–H and O–H groups in total. The van der Waals surface area contributed by atoms with Crippen molar-refractivity contribution in [1.29, 1.82) is 0 Å². The predicted molar refractivity (Wildman–Crippen MR) is 114 cm³/mol. The number of para-hydroxylation sites is 1. The molecule has 6 nitrogen and oxygen atoms in total. The molecule has 29 heavy (non-hydrogen) atoms. The lowest BCUT2D eigenvalue weighted by atomic mass is 10.1. The van der Waals surface area contributed by atoms with Gasteiger partial charge >= 0.3 is 5.97 Å². The molecule has 2 heterocycles. The van der Waals surface area contributed by atoms with E-state index in [0.717, 1.165) is 38.3 Å². The first-order valence-electron chi connectivity index (χ1n) is 10.3. The van der Waals surface area contributed by atoms with Crippen molar-refractivity contribution >= 4 is 11.8 Å². The van der Waals surface area contributed by atoms with Crippen LogP contribution in [0.2, 0.25) is 0 Å². The summed E-state index contributed by atoms with van der Waals surface area (Å²) in [4.78, 5) is 21.7. The molecule has 1 fully saturated rings. The summed E-state index contributed by atoms with van der Waals surface area (Å²) in [5.41, 5.74) is 1.73. The number of hydrogen-bond donors (Lipinski definition) is 0. The third-order valence-corrected chi connectivity index (χ3v) is 5.30. The summed E-state index contributed by atoms with van der Waals surface area (Å²) < 4.78 is 10.9. The SMILES string of the molecule is CCN(Cc1ccccc1OC)C1CCN(c2ncccc2C(=O)OC(C)C)C1. The largest absolute Gasteiger partial charge is 0.496 e. The average Bonchev–Trinajstić information content (AvgIpc) is 3.21. The van der Waals surface area contributed by atoms with Gasteiger partial charge in [0.05, 0.1) is 13.2 Å². The highest BCUT2D eigenvalue weighted by Gasteiger charge is 2.30. The van der Waals surface area contributed by atoms with Gasteiger partial charge in [0.25, 0.3) is 0 Å². The summed E-state index contributed by atoms with van der Waals surface area (Å²) in [6.45, 7) is 9.39. The standard InChI is InChI=1S/C23H31N3O3/c1-5-25(15-18-9-6-7-11-21(18)28-4)19-12-14-26(16-19)22-20(10-8-13-24-22)23(27)29-17(2)3/h6-11,13,17,19H,5,12,14-16H2,1-4H3. The lowest BCUT2D eigenvalue weighted by Crippen LogP contribution is -2.37. The van der Waals surface area contributed by atoms with Crippen LogP contribution < -0.4 is 9.64 Å². The maximum Gasteiger partial charge on any atom is 0.342 e. The highest BCUT2D eigenvalue weighted by atomic mass is 16.5. The van der Waals surface area contributed by atoms with Crippen molar-refractivity contribution in [3.05, 3.63) is 53.7 Å². The molecule has 2 aromatic rings. The lowest BCUT2D eigenvalue weighted by Gasteiger charge is -2.28. The Balaban J connectivity index is 1.73. The molecule has 0 amide bonds. The molecular formula is C23H31N3O3. The maximum atomic E-state index is 12.5. The summed E-state index contributed by atoms with van der Waals surface area (Å²) in [6.07, 6.45) is 2.61. The first-order chi connectivity index (χ1) is 14.0. The van der Waals surface area contributed by atoms with Gasteiger partial charge in [0.2, 0.25) is 0 Å². The molecule has 0 aliphatic carbocycles. The van der Waals surface area contributed by atoms with Crippen LogP contribution in [0.3, 0.4) is 0 Å². The molecule has 3 rings (SSSR count). The van der Waals surface area contributed by atoms with Crippen LogP contribution in [0.5, 0.6) is 5.75 Å². The third-order valence-electron chi connectivity index (χ3n) is 5.30. The smallest absolute Gasteiger partial charge is 0.342 e. The van der Waals surface area contributed by atoms with E-state index in [9.17, 15) is 4.79 Å². The summed E-state index contributed by atoms with van der Waals surface area (Å²) >= 11 is 0. The molecule has 1 aromatic carbocycles. The van der Waals surface area contributed by atoms with E-state index in [1.165, 1.54) is 5.56 Å². The second-order valence-corrected chi connectivity index (χ2v) is 7.59. The zero-order valence-electron chi connectivity index (χ0n) is 17.8. The molecule has 0 spiro atoms. The quantitative estimate of drug-likeness (QED) is 0.632. The van der Waals surface area contributed by atoms with Crippen molar-refractivity contribution in [1.82, 2.24) is 9.88 Å². The van der Waals surface area contributed by atoms with Gasteiger partial charge in [-0.2, -0.15) is 0 Å². The highest BCUT2D eigenvalue weighted by molar-refractivity contribution is 5.94. The summed E-state index contributed by atoms with van der Waals surface area (Å²) in [5.74, 6) is 1.33. The van der Waals surface area contributed by atoms with E-state index in [2.05, 4.69) is 27.8 Å². The Kier molecular flexibility index (Phi) is 7.09.